The number of amides is 2. The molecule has 0 saturated carbocycles. The summed E-state index contributed by atoms with van der Waals surface area (Å²) >= 11 is 1.22. The Hall–Kier alpha value is -3.52. The maximum Gasteiger partial charge on any atom is 0.351 e. The Kier molecular flexibility index (Phi) is 7.37. The number of nitrogens with one attached hydrogen (secondary N) is 2. The van der Waals surface area contributed by atoms with Crippen LogP contribution in [0.2, 0.25) is 0 Å². The molecule has 2 aromatic carbocycles. The van der Waals surface area contributed by atoms with Crippen molar-refractivity contribution in [2.24, 2.45) is 0 Å². The summed E-state index contributed by atoms with van der Waals surface area (Å²) in [6, 6.07) is 15.2. The predicted molar refractivity (Wildman–Crippen MR) is 125 cm³/mol. The number of ether oxygens (including phenoxy) is 1. The lowest BCUT2D eigenvalue weighted by Gasteiger charge is -2.14. The summed E-state index contributed by atoms with van der Waals surface area (Å²) < 4.78 is 5.30. The van der Waals surface area contributed by atoms with Gasteiger partial charge >= 0.3 is 5.97 Å². The number of aromatic nitrogens is 1. The van der Waals surface area contributed by atoms with Gasteiger partial charge in [0.15, 0.2) is 6.10 Å². The third-order valence-corrected chi connectivity index (χ3v) is 6.01. The Bertz CT molecular complexity index is 1120. The quantitative estimate of drug-likeness (QED) is 0.529. The average molecular weight is 452 g/mol. The number of aryl methyl sites for hydroxylation is 3. The van der Waals surface area contributed by atoms with Crippen LogP contribution in [0.3, 0.4) is 0 Å². The van der Waals surface area contributed by atoms with Gasteiger partial charge in [0.2, 0.25) is 5.91 Å². The molecule has 3 rings (SSSR count). The van der Waals surface area contributed by atoms with E-state index in [1.165, 1.54) is 18.3 Å². The lowest BCUT2D eigenvalue weighted by Crippen LogP contribution is -2.40. The first kappa shape index (κ1) is 23.1. The van der Waals surface area contributed by atoms with Crippen LogP contribution in [-0.4, -0.2) is 35.4 Å². The van der Waals surface area contributed by atoms with E-state index in [2.05, 4.69) is 15.6 Å². The van der Waals surface area contributed by atoms with E-state index in [4.69, 9.17) is 4.74 Å². The van der Waals surface area contributed by atoms with Crippen molar-refractivity contribution < 1.29 is 19.1 Å². The summed E-state index contributed by atoms with van der Waals surface area (Å²) in [6.07, 6.45) is -1.06. The zero-order valence-electron chi connectivity index (χ0n) is 18.4. The molecule has 166 valence electrons. The number of hydrogen-bond donors (Lipinski definition) is 2. The molecule has 7 nitrogen and oxygen atoms in total. The molecule has 0 aliphatic carbocycles. The van der Waals surface area contributed by atoms with Gasteiger partial charge in [-0.3, -0.25) is 9.59 Å². The molecule has 8 heteroatoms. The molecule has 2 N–H and O–H groups in total. The number of para-hydroxylation sites is 1. The first-order chi connectivity index (χ1) is 15.3. The van der Waals surface area contributed by atoms with Gasteiger partial charge in [-0.2, -0.15) is 0 Å². The highest BCUT2D eigenvalue weighted by atomic mass is 32.1. The molecule has 1 atom stereocenters. The third kappa shape index (κ3) is 5.59. The molecule has 3 aromatic rings. The van der Waals surface area contributed by atoms with E-state index in [0.29, 0.717) is 15.6 Å². The first-order valence-electron chi connectivity index (χ1n) is 10.1. The van der Waals surface area contributed by atoms with Crippen molar-refractivity contribution in [3.05, 3.63) is 70.2 Å². The molecule has 0 radical (unpaired) electrons. The monoisotopic (exact) mass is 451 g/mol. The number of thiazole rings is 1. The average Bonchev–Trinajstić information content (AvgIpc) is 3.17. The number of anilines is 1. The molecule has 0 saturated heterocycles. The standard InChI is InChI=1S/C24H25N3O4S/c1-14-9-8-10-15(2)20(14)27-19(28)13-25-22(29)17(4)31-24(30)21-16(3)26-23(32-21)18-11-6-5-7-12-18/h5-12,17H,13H2,1-4H3,(H,25,29)(H,27,28). The van der Waals surface area contributed by atoms with Crippen molar-refractivity contribution in [3.63, 3.8) is 0 Å². The SMILES string of the molecule is Cc1cccc(C)c1NC(=O)CNC(=O)C(C)OC(=O)c1sc(-c2ccccc2)nc1C. The van der Waals surface area contributed by atoms with Crippen LogP contribution in [0.1, 0.15) is 33.4 Å². The van der Waals surface area contributed by atoms with Crippen LogP contribution >= 0.6 is 11.3 Å². The van der Waals surface area contributed by atoms with Gasteiger partial charge in [-0.25, -0.2) is 9.78 Å². The smallest absolute Gasteiger partial charge is 0.351 e. The maximum absolute atomic E-state index is 12.6. The molecule has 0 fully saturated rings. The number of esters is 1. The maximum atomic E-state index is 12.6. The van der Waals surface area contributed by atoms with Crippen LogP contribution in [-0.2, 0) is 14.3 Å². The van der Waals surface area contributed by atoms with E-state index in [1.807, 2.05) is 62.4 Å². The fourth-order valence-corrected chi connectivity index (χ4v) is 4.02. The van der Waals surface area contributed by atoms with Crippen LogP contribution in [0, 0.1) is 20.8 Å². The highest BCUT2D eigenvalue weighted by Crippen LogP contribution is 2.28. The van der Waals surface area contributed by atoms with Gasteiger partial charge in [-0.05, 0) is 38.8 Å². The Morgan fingerprint density at radius 3 is 2.31 bits per heavy atom. The van der Waals surface area contributed by atoms with Crippen LogP contribution in [0.4, 0.5) is 5.69 Å². The first-order valence-corrected chi connectivity index (χ1v) is 11.0. The summed E-state index contributed by atoms with van der Waals surface area (Å²) in [5.41, 5.74) is 4.03. The molecule has 1 unspecified atom stereocenters. The summed E-state index contributed by atoms with van der Waals surface area (Å²) in [5.74, 6) is -1.54. The zero-order valence-corrected chi connectivity index (χ0v) is 19.2. The van der Waals surface area contributed by atoms with E-state index in [1.54, 1.807) is 6.92 Å². The van der Waals surface area contributed by atoms with Gasteiger partial charge in [-0.15, -0.1) is 11.3 Å². The molecule has 0 aliphatic heterocycles. The molecule has 32 heavy (non-hydrogen) atoms. The van der Waals surface area contributed by atoms with Crippen molar-refractivity contribution in [1.82, 2.24) is 10.3 Å². The minimum Gasteiger partial charge on any atom is -0.448 e. The topological polar surface area (TPSA) is 97.4 Å². The molecule has 1 heterocycles. The number of carbonyl (C=O) groups is 3. The van der Waals surface area contributed by atoms with Crippen LogP contribution in [0.15, 0.2) is 48.5 Å². The van der Waals surface area contributed by atoms with Crippen molar-refractivity contribution in [1.29, 1.82) is 0 Å². The number of carbonyl (C=O) groups excluding carboxylic acids is 3. The van der Waals surface area contributed by atoms with E-state index < -0.39 is 18.0 Å². The van der Waals surface area contributed by atoms with Crippen molar-refractivity contribution in [2.75, 3.05) is 11.9 Å². The number of nitrogens with zero attached hydrogens (tertiary/aromatic N) is 1. The summed E-state index contributed by atoms with van der Waals surface area (Å²) in [7, 11) is 0. The van der Waals surface area contributed by atoms with Gasteiger partial charge in [0.25, 0.3) is 5.91 Å². The van der Waals surface area contributed by atoms with Gasteiger partial charge in [0.1, 0.15) is 9.88 Å². The zero-order chi connectivity index (χ0) is 23.3. The van der Waals surface area contributed by atoms with Gasteiger partial charge in [0, 0.05) is 11.3 Å². The number of benzene rings is 2. The second-order valence-electron chi connectivity index (χ2n) is 7.38. The van der Waals surface area contributed by atoms with Crippen LogP contribution < -0.4 is 10.6 Å². The molecule has 0 aliphatic rings. The number of rotatable bonds is 7. The molecule has 0 bridgehead atoms. The molecule has 2 amide bonds. The van der Waals surface area contributed by atoms with E-state index in [0.717, 1.165) is 22.4 Å². The summed E-state index contributed by atoms with van der Waals surface area (Å²) in [4.78, 5) is 41.9. The lowest BCUT2D eigenvalue weighted by atomic mass is 10.1. The Morgan fingerprint density at radius 1 is 1.00 bits per heavy atom. The predicted octanol–water partition coefficient (Wildman–Crippen LogP) is 4.04. The fraction of sp³-hybridized carbons (Fsp3) is 0.250. The molecular weight excluding hydrogens is 426 g/mol. The normalized spacial score (nSPS) is 11.5. The molecule has 1 aromatic heterocycles. The van der Waals surface area contributed by atoms with Gasteiger partial charge in [-0.1, -0.05) is 48.5 Å². The van der Waals surface area contributed by atoms with Crippen molar-refractivity contribution >= 4 is 34.8 Å². The second-order valence-corrected chi connectivity index (χ2v) is 8.38. The Morgan fingerprint density at radius 2 is 1.66 bits per heavy atom. The van der Waals surface area contributed by atoms with Crippen molar-refractivity contribution in [3.8, 4) is 10.6 Å². The second kappa shape index (κ2) is 10.2. The van der Waals surface area contributed by atoms with E-state index >= 15 is 0 Å². The van der Waals surface area contributed by atoms with Crippen molar-refractivity contribution in [2.45, 2.75) is 33.8 Å². The number of hydrogen-bond acceptors (Lipinski definition) is 6. The highest BCUT2D eigenvalue weighted by molar-refractivity contribution is 7.17. The lowest BCUT2D eigenvalue weighted by molar-refractivity contribution is -0.130. The summed E-state index contributed by atoms with van der Waals surface area (Å²) in [5, 5.41) is 6.00. The fourth-order valence-electron chi connectivity index (χ4n) is 3.06. The summed E-state index contributed by atoms with van der Waals surface area (Å²) in [6.45, 7) is 6.75. The molecule has 0 spiro atoms. The Balaban J connectivity index is 1.55. The van der Waals surface area contributed by atoms with Crippen LogP contribution in [0.25, 0.3) is 10.6 Å². The highest BCUT2D eigenvalue weighted by Gasteiger charge is 2.23. The molecular formula is C24H25N3O4S. The minimum atomic E-state index is -1.06. The van der Waals surface area contributed by atoms with E-state index in [-0.39, 0.29) is 12.5 Å². The largest absolute Gasteiger partial charge is 0.448 e. The van der Waals surface area contributed by atoms with Gasteiger partial charge < -0.3 is 15.4 Å². The van der Waals surface area contributed by atoms with Crippen LogP contribution in [0.5, 0.6) is 0 Å². The Labute approximate surface area is 190 Å². The van der Waals surface area contributed by atoms with E-state index in [9.17, 15) is 14.4 Å². The van der Waals surface area contributed by atoms with Gasteiger partial charge in [0.05, 0.1) is 12.2 Å². The minimum absolute atomic E-state index is 0.230. The third-order valence-electron chi connectivity index (χ3n) is 4.82.